The molecule has 2 rings (SSSR count). The van der Waals surface area contributed by atoms with Crippen LogP contribution in [0.15, 0.2) is 11.6 Å². The molecule has 0 spiro atoms. The second-order valence-electron chi connectivity index (χ2n) is 4.15. The van der Waals surface area contributed by atoms with Crippen LogP contribution in [0.2, 0.25) is 0 Å². The van der Waals surface area contributed by atoms with E-state index in [1.54, 1.807) is 5.57 Å². The summed E-state index contributed by atoms with van der Waals surface area (Å²) in [6.45, 7) is 6.14. The Morgan fingerprint density at radius 2 is 2.08 bits per heavy atom. The minimum atomic E-state index is 1.13. The summed E-state index contributed by atoms with van der Waals surface area (Å²) in [5, 5.41) is 3.37. The topological polar surface area (TPSA) is 15.3 Å². The van der Waals surface area contributed by atoms with E-state index in [0.717, 1.165) is 6.54 Å². The molecule has 2 nitrogen and oxygen atoms in total. The fourth-order valence-electron chi connectivity index (χ4n) is 2.16. The number of rotatable bonds is 2. The molecule has 2 heteroatoms. The molecule has 2 aliphatic heterocycles. The van der Waals surface area contributed by atoms with Gasteiger partial charge in [-0.05, 0) is 38.9 Å². The van der Waals surface area contributed by atoms with E-state index in [1.165, 1.54) is 51.9 Å². The van der Waals surface area contributed by atoms with Gasteiger partial charge in [0.15, 0.2) is 0 Å². The minimum Gasteiger partial charge on any atom is -0.313 e. The zero-order chi connectivity index (χ0) is 8.93. The zero-order valence-corrected chi connectivity index (χ0v) is 8.39. The Labute approximate surface area is 81.0 Å². The molecular weight excluding hydrogens is 160 g/mol. The third kappa shape index (κ3) is 2.82. The summed E-state index contributed by atoms with van der Waals surface area (Å²) in [6.07, 6.45) is 7.95. The molecule has 2 heterocycles. The first kappa shape index (κ1) is 9.22. The first-order valence-electron chi connectivity index (χ1n) is 5.56. The predicted molar refractivity (Wildman–Crippen MR) is 55.9 cm³/mol. The first-order chi connectivity index (χ1) is 6.45. The highest BCUT2D eigenvalue weighted by molar-refractivity contribution is 5.09. The number of hydrogen-bond acceptors (Lipinski definition) is 2. The summed E-state index contributed by atoms with van der Waals surface area (Å²) >= 11 is 0. The van der Waals surface area contributed by atoms with Gasteiger partial charge in [-0.3, -0.25) is 4.90 Å². The Morgan fingerprint density at radius 3 is 2.77 bits per heavy atom. The maximum absolute atomic E-state index is 3.37. The molecule has 2 saturated heterocycles. The molecule has 0 amide bonds. The van der Waals surface area contributed by atoms with Crippen LogP contribution >= 0.6 is 0 Å². The lowest BCUT2D eigenvalue weighted by Crippen LogP contribution is -2.29. The molecule has 2 aliphatic rings. The van der Waals surface area contributed by atoms with E-state index in [4.69, 9.17) is 0 Å². The van der Waals surface area contributed by atoms with Gasteiger partial charge >= 0.3 is 0 Å². The summed E-state index contributed by atoms with van der Waals surface area (Å²) in [5.74, 6) is 0. The third-order valence-corrected chi connectivity index (χ3v) is 3.06. The predicted octanol–water partition coefficient (Wildman–Crippen LogP) is 1.39. The lowest BCUT2D eigenvalue weighted by Gasteiger charge is -2.25. The van der Waals surface area contributed by atoms with Crippen molar-refractivity contribution in [3.8, 4) is 0 Å². The van der Waals surface area contributed by atoms with E-state index in [0.29, 0.717) is 0 Å². The van der Waals surface area contributed by atoms with Gasteiger partial charge in [-0.2, -0.15) is 0 Å². The van der Waals surface area contributed by atoms with Gasteiger partial charge in [0.1, 0.15) is 0 Å². The van der Waals surface area contributed by atoms with Crippen molar-refractivity contribution in [2.75, 3.05) is 32.7 Å². The number of hydrogen-bond donors (Lipinski definition) is 1. The number of nitrogens with zero attached hydrogens (tertiary/aromatic N) is 1. The van der Waals surface area contributed by atoms with Crippen molar-refractivity contribution in [3.63, 3.8) is 0 Å². The van der Waals surface area contributed by atoms with E-state index in [9.17, 15) is 0 Å². The summed E-state index contributed by atoms with van der Waals surface area (Å²) in [7, 11) is 0. The van der Waals surface area contributed by atoms with Crippen molar-refractivity contribution in [1.82, 2.24) is 10.2 Å². The molecule has 0 aliphatic carbocycles. The Kier molecular flexibility index (Phi) is 3.39. The van der Waals surface area contributed by atoms with Crippen LogP contribution in [-0.2, 0) is 0 Å². The van der Waals surface area contributed by atoms with E-state index in [1.807, 2.05) is 0 Å². The quantitative estimate of drug-likeness (QED) is 0.646. The highest BCUT2D eigenvalue weighted by Crippen LogP contribution is 2.10. The monoisotopic (exact) mass is 180 g/mol. The number of nitrogens with one attached hydrogen (secondary N) is 1. The average molecular weight is 180 g/mol. The molecule has 1 N–H and O–H groups in total. The maximum atomic E-state index is 3.37. The van der Waals surface area contributed by atoms with Crippen molar-refractivity contribution in [2.45, 2.75) is 25.7 Å². The summed E-state index contributed by atoms with van der Waals surface area (Å²) in [5.41, 5.74) is 1.62. The summed E-state index contributed by atoms with van der Waals surface area (Å²) in [4.78, 5) is 2.58. The average Bonchev–Trinajstić information content (AvgIpc) is 2.69. The number of likely N-dealkylation sites (tertiary alicyclic amines) is 1. The largest absolute Gasteiger partial charge is 0.313 e. The fourth-order valence-corrected chi connectivity index (χ4v) is 2.16. The van der Waals surface area contributed by atoms with E-state index in [-0.39, 0.29) is 0 Å². The molecule has 0 bridgehead atoms. The van der Waals surface area contributed by atoms with Gasteiger partial charge < -0.3 is 5.32 Å². The SMILES string of the molecule is C(/CN1CCCCC1)=C1/CCNC1. The second kappa shape index (κ2) is 4.77. The smallest absolute Gasteiger partial charge is 0.0166 e. The van der Waals surface area contributed by atoms with Crippen LogP contribution in [0.1, 0.15) is 25.7 Å². The molecular formula is C11H20N2. The lowest BCUT2D eigenvalue weighted by molar-refractivity contribution is 0.251. The Hall–Kier alpha value is -0.340. The van der Waals surface area contributed by atoms with Gasteiger partial charge in [-0.25, -0.2) is 0 Å². The Morgan fingerprint density at radius 1 is 1.23 bits per heavy atom. The van der Waals surface area contributed by atoms with Gasteiger partial charge in [-0.15, -0.1) is 0 Å². The molecule has 0 radical (unpaired) electrons. The van der Waals surface area contributed by atoms with Gasteiger partial charge in [-0.1, -0.05) is 18.1 Å². The molecule has 74 valence electrons. The van der Waals surface area contributed by atoms with Crippen LogP contribution in [0.25, 0.3) is 0 Å². The molecule has 0 aromatic heterocycles. The lowest BCUT2D eigenvalue weighted by atomic mass is 10.1. The van der Waals surface area contributed by atoms with Gasteiger partial charge in [0.05, 0.1) is 0 Å². The van der Waals surface area contributed by atoms with Crippen molar-refractivity contribution in [1.29, 1.82) is 0 Å². The zero-order valence-electron chi connectivity index (χ0n) is 8.39. The van der Waals surface area contributed by atoms with Crippen molar-refractivity contribution in [2.24, 2.45) is 0 Å². The first-order valence-corrected chi connectivity index (χ1v) is 5.56. The van der Waals surface area contributed by atoms with Gasteiger partial charge in [0.2, 0.25) is 0 Å². The van der Waals surface area contributed by atoms with Crippen molar-refractivity contribution >= 4 is 0 Å². The molecule has 0 atom stereocenters. The summed E-state index contributed by atoms with van der Waals surface area (Å²) in [6, 6.07) is 0. The normalized spacial score (nSPS) is 28.5. The molecule has 0 aromatic carbocycles. The molecule has 2 fully saturated rings. The highest BCUT2D eigenvalue weighted by Gasteiger charge is 2.09. The Bertz CT molecular complexity index is 173. The van der Waals surface area contributed by atoms with Crippen LogP contribution in [0, 0.1) is 0 Å². The highest BCUT2D eigenvalue weighted by atomic mass is 15.1. The second-order valence-corrected chi connectivity index (χ2v) is 4.15. The summed E-state index contributed by atoms with van der Waals surface area (Å²) < 4.78 is 0. The van der Waals surface area contributed by atoms with Gasteiger partial charge in [0, 0.05) is 13.1 Å². The molecule has 13 heavy (non-hydrogen) atoms. The van der Waals surface area contributed by atoms with E-state index < -0.39 is 0 Å². The van der Waals surface area contributed by atoms with Crippen LogP contribution in [0.4, 0.5) is 0 Å². The number of piperidine rings is 1. The molecule has 0 saturated carbocycles. The van der Waals surface area contributed by atoms with Crippen LogP contribution < -0.4 is 5.32 Å². The van der Waals surface area contributed by atoms with E-state index in [2.05, 4.69) is 16.3 Å². The van der Waals surface area contributed by atoms with Crippen molar-refractivity contribution < 1.29 is 0 Å². The molecule has 0 unspecified atom stereocenters. The molecule has 0 aromatic rings. The fraction of sp³-hybridized carbons (Fsp3) is 0.818. The van der Waals surface area contributed by atoms with Crippen LogP contribution in [0.3, 0.4) is 0 Å². The third-order valence-electron chi connectivity index (χ3n) is 3.06. The maximum Gasteiger partial charge on any atom is 0.0166 e. The van der Waals surface area contributed by atoms with E-state index >= 15 is 0 Å². The van der Waals surface area contributed by atoms with Crippen LogP contribution in [-0.4, -0.2) is 37.6 Å². The van der Waals surface area contributed by atoms with Crippen molar-refractivity contribution in [3.05, 3.63) is 11.6 Å². The van der Waals surface area contributed by atoms with Crippen LogP contribution in [0.5, 0.6) is 0 Å². The minimum absolute atomic E-state index is 1.13. The standard InChI is InChI=1S/C11H20N2/c1-2-7-13(8-3-1)9-5-11-4-6-12-10-11/h5,12H,1-4,6-10H2/b11-5+. The Balaban J connectivity index is 1.73. The van der Waals surface area contributed by atoms with Gasteiger partial charge in [0.25, 0.3) is 0 Å².